The Morgan fingerprint density at radius 3 is 2.67 bits per heavy atom. The fourth-order valence-corrected chi connectivity index (χ4v) is 1.65. The molecule has 0 saturated carbocycles. The fraction of sp³-hybridized carbons (Fsp3) is 0. The second kappa shape index (κ2) is 3.10. The largest absolute Gasteiger partial charge is 0.251 e. The highest BCUT2D eigenvalue weighted by molar-refractivity contribution is 6.30. The average Bonchev–Trinajstić information content (AvgIpc) is 2.29. The molecule has 0 aliphatic heterocycles. The van der Waals surface area contributed by atoms with Crippen molar-refractivity contribution in [2.45, 2.75) is 0 Å². The fourth-order valence-electron chi connectivity index (χ4n) is 1.49. The molecule has 0 amide bonds. The molecule has 0 atom stereocenters. The number of hydrogen-bond acceptors (Lipinski definition) is 4. The van der Waals surface area contributed by atoms with Gasteiger partial charge in [0, 0.05) is 35.6 Å². The molecule has 0 spiro atoms. The van der Waals surface area contributed by atoms with Gasteiger partial charge in [-0.2, -0.15) is 0 Å². The van der Waals surface area contributed by atoms with E-state index in [2.05, 4.69) is 19.9 Å². The summed E-state index contributed by atoms with van der Waals surface area (Å²) in [5, 5.41) is 2.28. The van der Waals surface area contributed by atoms with Crippen LogP contribution >= 0.6 is 11.6 Å². The van der Waals surface area contributed by atoms with E-state index in [1.807, 2.05) is 0 Å². The van der Waals surface area contributed by atoms with Gasteiger partial charge in [0.1, 0.15) is 10.7 Å². The maximum Gasteiger partial charge on any atom is 0.178 e. The monoisotopic (exact) mass is 216 g/mol. The van der Waals surface area contributed by atoms with E-state index in [9.17, 15) is 0 Å². The third-order valence-electron chi connectivity index (χ3n) is 2.16. The number of pyridine rings is 2. The molecule has 3 rings (SSSR count). The van der Waals surface area contributed by atoms with Crippen molar-refractivity contribution in [3.05, 3.63) is 36.0 Å². The third kappa shape index (κ3) is 1.30. The first-order valence-electron chi connectivity index (χ1n) is 4.35. The zero-order chi connectivity index (χ0) is 10.3. The molecular formula is C10H5ClN4. The highest BCUT2D eigenvalue weighted by Gasteiger charge is 2.04. The van der Waals surface area contributed by atoms with Crippen molar-refractivity contribution in [3.63, 3.8) is 0 Å². The molecule has 0 aromatic carbocycles. The van der Waals surface area contributed by atoms with E-state index in [4.69, 9.17) is 11.6 Å². The van der Waals surface area contributed by atoms with Crippen molar-refractivity contribution in [1.29, 1.82) is 0 Å². The molecule has 3 aromatic rings. The number of nitrogens with zero attached hydrogens (tertiary/aromatic N) is 4. The Bertz CT molecular complexity index is 653. The maximum absolute atomic E-state index is 5.84. The zero-order valence-corrected chi connectivity index (χ0v) is 8.31. The quantitative estimate of drug-likeness (QED) is 0.427. The first-order chi connectivity index (χ1) is 7.34. The van der Waals surface area contributed by atoms with E-state index in [0.29, 0.717) is 10.8 Å². The van der Waals surface area contributed by atoms with Crippen LogP contribution in [0.25, 0.3) is 21.9 Å². The lowest BCUT2D eigenvalue weighted by Gasteiger charge is -2.00. The molecule has 0 bridgehead atoms. The minimum absolute atomic E-state index is 0.445. The molecule has 0 saturated heterocycles. The maximum atomic E-state index is 5.84. The first kappa shape index (κ1) is 8.49. The molecule has 0 aliphatic carbocycles. The van der Waals surface area contributed by atoms with Crippen LogP contribution in [0.1, 0.15) is 0 Å². The summed E-state index contributed by atoms with van der Waals surface area (Å²) in [4.78, 5) is 16.5. The van der Waals surface area contributed by atoms with Crippen LogP contribution in [-0.4, -0.2) is 19.9 Å². The van der Waals surface area contributed by atoms with Gasteiger partial charge in [-0.25, -0.2) is 15.0 Å². The van der Waals surface area contributed by atoms with Crippen molar-refractivity contribution in [3.8, 4) is 0 Å². The lowest BCUT2D eigenvalue weighted by Crippen LogP contribution is -1.88. The van der Waals surface area contributed by atoms with Crippen LogP contribution in [0.4, 0.5) is 0 Å². The molecule has 5 heteroatoms. The summed E-state index contributed by atoms with van der Waals surface area (Å²) in [6, 6.07) is 1.77. The second-order valence-corrected chi connectivity index (χ2v) is 3.47. The molecule has 0 fully saturated rings. The Kier molecular flexibility index (Phi) is 1.76. The Morgan fingerprint density at radius 1 is 0.933 bits per heavy atom. The van der Waals surface area contributed by atoms with Crippen LogP contribution in [0.5, 0.6) is 0 Å². The van der Waals surface area contributed by atoms with Gasteiger partial charge in [-0.3, -0.25) is 4.98 Å². The Labute approximate surface area is 90.0 Å². The molecule has 0 unspecified atom stereocenters. The van der Waals surface area contributed by atoms with E-state index in [-0.39, 0.29) is 0 Å². The molecule has 0 aliphatic rings. The van der Waals surface area contributed by atoms with E-state index >= 15 is 0 Å². The topological polar surface area (TPSA) is 51.6 Å². The Balaban J connectivity index is 2.57. The van der Waals surface area contributed by atoms with Crippen LogP contribution in [0, 0.1) is 0 Å². The van der Waals surface area contributed by atoms with Crippen LogP contribution < -0.4 is 0 Å². The van der Waals surface area contributed by atoms with Gasteiger partial charge in [0.2, 0.25) is 0 Å². The third-order valence-corrected chi connectivity index (χ3v) is 2.37. The lowest BCUT2D eigenvalue weighted by atomic mass is 10.2. The summed E-state index contributed by atoms with van der Waals surface area (Å²) in [7, 11) is 0. The highest BCUT2D eigenvalue weighted by atomic mass is 35.5. The summed E-state index contributed by atoms with van der Waals surface area (Å²) >= 11 is 5.84. The number of halogens is 1. The van der Waals surface area contributed by atoms with Gasteiger partial charge in [-0.1, -0.05) is 11.6 Å². The predicted octanol–water partition coefficient (Wildman–Crippen LogP) is 2.23. The summed E-state index contributed by atoms with van der Waals surface area (Å²) < 4.78 is 0. The molecule has 0 radical (unpaired) electrons. The number of aromatic nitrogens is 4. The number of hydrogen-bond donors (Lipinski definition) is 0. The molecule has 3 heterocycles. The minimum atomic E-state index is 0.445. The van der Waals surface area contributed by atoms with Crippen LogP contribution in [0.3, 0.4) is 0 Å². The smallest absolute Gasteiger partial charge is 0.178 e. The van der Waals surface area contributed by atoms with Gasteiger partial charge in [-0.05, 0) is 6.07 Å². The Morgan fingerprint density at radius 2 is 1.73 bits per heavy atom. The predicted molar refractivity (Wildman–Crippen MR) is 57.6 cm³/mol. The van der Waals surface area contributed by atoms with Gasteiger partial charge in [-0.15, -0.1) is 0 Å². The summed E-state index contributed by atoms with van der Waals surface area (Å²) in [5.41, 5.74) is 1.37. The molecule has 0 N–H and O–H groups in total. The first-order valence-corrected chi connectivity index (χ1v) is 4.73. The number of fused-ring (bicyclic) bond motifs is 3. The van der Waals surface area contributed by atoms with Gasteiger partial charge in [0.05, 0.1) is 0 Å². The summed E-state index contributed by atoms with van der Waals surface area (Å²) in [6.45, 7) is 0. The molecule has 3 aromatic heterocycles. The zero-order valence-electron chi connectivity index (χ0n) is 7.55. The van der Waals surface area contributed by atoms with Crippen LogP contribution in [-0.2, 0) is 0 Å². The average molecular weight is 217 g/mol. The SMILES string of the molecule is Clc1cc2c(cn1)cnc1nccnc12. The van der Waals surface area contributed by atoms with Crippen molar-refractivity contribution >= 4 is 33.5 Å². The molecule has 72 valence electrons. The second-order valence-electron chi connectivity index (χ2n) is 3.08. The molecule has 4 nitrogen and oxygen atoms in total. The lowest BCUT2D eigenvalue weighted by molar-refractivity contribution is 1.23. The van der Waals surface area contributed by atoms with Crippen LogP contribution in [0.2, 0.25) is 5.15 Å². The van der Waals surface area contributed by atoms with Crippen molar-refractivity contribution < 1.29 is 0 Å². The normalized spacial score (nSPS) is 11.0. The Hall–Kier alpha value is -1.81. The molecule has 15 heavy (non-hydrogen) atoms. The summed E-state index contributed by atoms with van der Waals surface area (Å²) in [6.07, 6.45) is 6.65. The van der Waals surface area contributed by atoms with Crippen molar-refractivity contribution in [2.24, 2.45) is 0 Å². The number of rotatable bonds is 0. The van der Waals surface area contributed by atoms with Gasteiger partial charge < -0.3 is 0 Å². The van der Waals surface area contributed by atoms with Crippen molar-refractivity contribution in [1.82, 2.24) is 19.9 Å². The van der Waals surface area contributed by atoms with E-state index in [1.165, 1.54) is 0 Å². The van der Waals surface area contributed by atoms with E-state index in [1.54, 1.807) is 30.9 Å². The van der Waals surface area contributed by atoms with E-state index in [0.717, 1.165) is 16.3 Å². The van der Waals surface area contributed by atoms with Crippen molar-refractivity contribution in [2.75, 3.05) is 0 Å². The van der Waals surface area contributed by atoms with Gasteiger partial charge in [0.25, 0.3) is 0 Å². The highest BCUT2D eigenvalue weighted by Crippen LogP contribution is 2.21. The van der Waals surface area contributed by atoms with Gasteiger partial charge in [0.15, 0.2) is 5.65 Å². The minimum Gasteiger partial charge on any atom is -0.251 e. The standard InChI is InChI=1S/C10H5ClN4/c11-8-3-7-6(4-14-8)5-15-10-9(7)12-1-2-13-10/h1-5H. The van der Waals surface area contributed by atoms with E-state index < -0.39 is 0 Å². The summed E-state index contributed by atoms with van der Waals surface area (Å²) in [5.74, 6) is 0. The van der Waals surface area contributed by atoms with Gasteiger partial charge >= 0.3 is 0 Å². The molecular weight excluding hydrogens is 212 g/mol. The van der Waals surface area contributed by atoms with Crippen LogP contribution in [0.15, 0.2) is 30.9 Å².